The third kappa shape index (κ3) is 2.41. The number of aromatic nitrogens is 3. The van der Waals surface area contributed by atoms with Crippen LogP contribution >= 0.6 is 11.8 Å². The normalized spacial score (nSPS) is 11.6. The van der Waals surface area contributed by atoms with Crippen molar-refractivity contribution in [1.29, 1.82) is 0 Å². The molecule has 0 fully saturated rings. The van der Waals surface area contributed by atoms with Crippen LogP contribution in [-0.2, 0) is 5.75 Å². The molecule has 3 aromatic heterocycles. The van der Waals surface area contributed by atoms with Crippen molar-refractivity contribution < 1.29 is 4.42 Å². The van der Waals surface area contributed by atoms with E-state index < -0.39 is 0 Å². The average Bonchev–Trinajstić information content (AvgIpc) is 3.10. The second kappa shape index (κ2) is 5.42. The lowest BCUT2D eigenvalue weighted by Gasteiger charge is -2.08. The molecule has 0 aliphatic carbocycles. The lowest BCUT2D eigenvalue weighted by atomic mass is 10.1. The Balaban J connectivity index is 1.74. The molecule has 0 radical (unpaired) electrons. The Kier molecular flexibility index (Phi) is 3.38. The van der Waals surface area contributed by atoms with Gasteiger partial charge in [-0.15, -0.1) is 10.2 Å². The molecule has 4 aromatic rings. The van der Waals surface area contributed by atoms with E-state index in [-0.39, 0.29) is 0 Å². The number of thioether (sulfide) groups is 1. The van der Waals surface area contributed by atoms with E-state index in [2.05, 4.69) is 46.6 Å². The van der Waals surface area contributed by atoms with Gasteiger partial charge in [-0.2, -0.15) is 0 Å². The van der Waals surface area contributed by atoms with E-state index >= 15 is 0 Å². The maximum Gasteiger partial charge on any atom is 0.152 e. The Hall–Kier alpha value is -2.27. The van der Waals surface area contributed by atoms with Gasteiger partial charge in [-0.25, -0.2) is 0 Å². The van der Waals surface area contributed by atoms with Gasteiger partial charge < -0.3 is 4.42 Å². The van der Waals surface area contributed by atoms with Crippen LogP contribution in [0.5, 0.6) is 0 Å². The van der Waals surface area contributed by atoms with E-state index in [0.29, 0.717) is 0 Å². The average molecular weight is 323 g/mol. The van der Waals surface area contributed by atoms with Gasteiger partial charge in [0.1, 0.15) is 10.9 Å². The first-order valence-electron chi connectivity index (χ1n) is 7.54. The summed E-state index contributed by atoms with van der Waals surface area (Å²) in [5, 5.41) is 9.64. The maximum atomic E-state index is 5.52. The fraction of sp³-hybridized carbons (Fsp3) is 0.222. The molecule has 116 valence electrons. The largest absolute Gasteiger partial charge is 0.463 e. The van der Waals surface area contributed by atoms with Gasteiger partial charge in [0.15, 0.2) is 5.58 Å². The van der Waals surface area contributed by atoms with Crippen LogP contribution in [0.3, 0.4) is 0 Å². The molecule has 23 heavy (non-hydrogen) atoms. The van der Waals surface area contributed by atoms with Crippen molar-refractivity contribution in [3.8, 4) is 0 Å². The topological polar surface area (TPSA) is 43.3 Å². The van der Waals surface area contributed by atoms with E-state index in [1.165, 1.54) is 16.7 Å². The van der Waals surface area contributed by atoms with E-state index in [1.807, 2.05) is 19.1 Å². The van der Waals surface area contributed by atoms with Crippen LogP contribution in [0.15, 0.2) is 46.0 Å². The lowest BCUT2D eigenvalue weighted by molar-refractivity contribution is 0.616. The number of rotatable bonds is 3. The summed E-state index contributed by atoms with van der Waals surface area (Å²) in [6.07, 6.45) is 1.71. The van der Waals surface area contributed by atoms with Crippen LogP contribution in [0.1, 0.15) is 22.5 Å². The van der Waals surface area contributed by atoms with Crippen LogP contribution in [0.2, 0.25) is 0 Å². The Labute approximate surface area is 138 Å². The molecule has 0 atom stereocenters. The third-order valence-electron chi connectivity index (χ3n) is 4.12. The zero-order chi connectivity index (χ0) is 16.0. The summed E-state index contributed by atoms with van der Waals surface area (Å²) >= 11 is 1.72. The highest BCUT2D eigenvalue weighted by Gasteiger charge is 2.14. The minimum absolute atomic E-state index is 0.868. The summed E-state index contributed by atoms with van der Waals surface area (Å²) in [5.74, 6) is 1.75. The molecule has 4 nitrogen and oxygen atoms in total. The summed E-state index contributed by atoms with van der Waals surface area (Å²) in [7, 11) is 0. The third-order valence-corrected chi connectivity index (χ3v) is 5.14. The predicted octanol–water partition coefficient (Wildman–Crippen LogP) is 4.69. The van der Waals surface area contributed by atoms with Crippen LogP contribution in [0.25, 0.3) is 16.6 Å². The van der Waals surface area contributed by atoms with Crippen molar-refractivity contribution in [3.05, 3.63) is 59.1 Å². The molecular formula is C18H17N3OS. The molecule has 0 aliphatic rings. The first-order valence-corrected chi connectivity index (χ1v) is 8.53. The molecule has 0 amide bonds. The number of furan rings is 1. The first kappa shape index (κ1) is 14.3. The number of benzene rings is 1. The van der Waals surface area contributed by atoms with Crippen LogP contribution in [0.4, 0.5) is 0 Å². The van der Waals surface area contributed by atoms with Crippen molar-refractivity contribution in [2.45, 2.75) is 31.6 Å². The zero-order valence-corrected chi connectivity index (χ0v) is 14.1. The van der Waals surface area contributed by atoms with Gasteiger partial charge in [-0.1, -0.05) is 35.5 Å². The highest BCUT2D eigenvalue weighted by molar-refractivity contribution is 7.98. The Morgan fingerprint density at radius 2 is 1.91 bits per heavy atom. The molecule has 0 spiro atoms. The molecule has 0 saturated carbocycles. The molecule has 5 heteroatoms. The van der Waals surface area contributed by atoms with Crippen LogP contribution in [0, 0.1) is 20.8 Å². The van der Waals surface area contributed by atoms with E-state index in [0.717, 1.165) is 33.2 Å². The molecule has 3 heterocycles. The summed E-state index contributed by atoms with van der Waals surface area (Å²) in [6, 6.07) is 10.6. The molecule has 4 rings (SSSR count). The Morgan fingerprint density at radius 1 is 1.04 bits per heavy atom. The van der Waals surface area contributed by atoms with Crippen LogP contribution < -0.4 is 0 Å². The van der Waals surface area contributed by atoms with Crippen molar-refractivity contribution in [2.24, 2.45) is 0 Å². The molecule has 0 unspecified atom stereocenters. The van der Waals surface area contributed by atoms with Crippen molar-refractivity contribution >= 4 is 28.4 Å². The van der Waals surface area contributed by atoms with Gasteiger partial charge in [0, 0.05) is 17.9 Å². The van der Waals surface area contributed by atoms with E-state index in [9.17, 15) is 0 Å². The second-order valence-electron chi connectivity index (χ2n) is 5.81. The highest BCUT2D eigenvalue weighted by atomic mass is 32.2. The second-order valence-corrected chi connectivity index (χ2v) is 6.77. The molecule has 0 bridgehead atoms. The zero-order valence-electron chi connectivity index (χ0n) is 13.3. The Morgan fingerprint density at radius 3 is 2.78 bits per heavy atom. The molecule has 0 aliphatic heterocycles. The standard InChI is InChI=1S/C18H17N3OS/c1-11-4-5-12(2)14(8-11)10-23-18-16-9-17-15(6-7-22-17)21(16)13(3)19-20-18/h4-9H,10H2,1-3H3. The van der Waals surface area contributed by atoms with Crippen molar-refractivity contribution in [3.63, 3.8) is 0 Å². The van der Waals surface area contributed by atoms with E-state index in [1.54, 1.807) is 18.0 Å². The summed E-state index contributed by atoms with van der Waals surface area (Å²) in [6.45, 7) is 6.24. The van der Waals surface area contributed by atoms with Crippen LogP contribution in [-0.4, -0.2) is 14.6 Å². The molecule has 1 aromatic carbocycles. The fourth-order valence-corrected chi connectivity index (χ4v) is 3.85. The van der Waals surface area contributed by atoms with Crippen molar-refractivity contribution in [1.82, 2.24) is 14.6 Å². The SMILES string of the molecule is Cc1ccc(C)c(CSc2nnc(C)n3c2cc2occc23)c1. The lowest BCUT2D eigenvalue weighted by Crippen LogP contribution is -2.00. The highest BCUT2D eigenvalue weighted by Crippen LogP contribution is 2.31. The minimum Gasteiger partial charge on any atom is -0.463 e. The number of hydrogen-bond acceptors (Lipinski definition) is 4. The quantitative estimate of drug-likeness (QED) is 0.513. The first-order chi connectivity index (χ1) is 11.1. The molecular weight excluding hydrogens is 306 g/mol. The van der Waals surface area contributed by atoms with Gasteiger partial charge in [-0.3, -0.25) is 4.40 Å². The fourth-order valence-electron chi connectivity index (χ4n) is 2.85. The van der Waals surface area contributed by atoms with Gasteiger partial charge in [0.2, 0.25) is 0 Å². The predicted molar refractivity (Wildman–Crippen MR) is 93.0 cm³/mol. The summed E-state index contributed by atoms with van der Waals surface area (Å²) < 4.78 is 7.63. The monoisotopic (exact) mass is 323 g/mol. The molecule has 0 saturated heterocycles. The maximum absolute atomic E-state index is 5.52. The summed E-state index contributed by atoms with van der Waals surface area (Å²) in [5.41, 5.74) is 6.90. The number of nitrogens with zero attached hydrogens (tertiary/aromatic N) is 3. The number of aryl methyl sites for hydroxylation is 3. The van der Waals surface area contributed by atoms with Crippen molar-refractivity contribution in [2.75, 3.05) is 0 Å². The molecule has 0 N–H and O–H groups in total. The van der Waals surface area contributed by atoms with Gasteiger partial charge in [-0.05, 0) is 31.9 Å². The minimum atomic E-state index is 0.868. The number of hydrogen-bond donors (Lipinski definition) is 0. The van der Waals surface area contributed by atoms with Gasteiger partial charge in [0.25, 0.3) is 0 Å². The van der Waals surface area contributed by atoms with Gasteiger partial charge in [0.05, 0.1) is 17.3 Å². The Bertz CT molecular complexity index is 1020. The smallest absolute Gasteiger partial charge is 0.152 e. The number of fused-ring (bicyclic) bond motifs is 3. The summed E-state index contributed by atoms with van der Waals surface area (Å²) in [4.78, 5) is 0. The van der Waals surface area contributed by atoms with Gasteiger partial charge >= 0.3 is 0 Å². The van der Waals surface area contributed by atoms with E-state index in [4.69, 9.17) is 4.42 Å².